The molecule has 2 aromatic carbocycles. The Morgan fingerprint density at radius 1 is 1.10 bits per heavy atom. The van der Waals surface area contributed by atoms with Gasteiger partial charge in [-0.05, 0) is 35.0 Å². The molecule has 0 unspecified atom stereocenters. The molecule has 1 amide bonds. The maximum absolute atomic E-state index is 12.4. The van der Waals surface area contributed by atoms with E-state index in [1.807, 2.05) is 48.5 Å². The van der Waals surface area contributed by atoms with Gasteiger partial charge in [-0.2, -0.15) is 0 Å². The van der Waals surface area contributed by atoms with Crippen molar-refractivity contribution >= 4 is 16.7 Å². The number of ether oxygens (including phenoxy) is 1. The molecule has 30 heavy (non-hydrogen) atoms. The molecule has 4 rings (SSSR count). The van der Waals surface area contributed by atoms with E-state index < -0.39 is 0 Å². The van der Waals surface area contributed by atoms with Crippen molar-refractivity contribution in [3.8, 4) is 17.1 Å². The van der Waals surface area contributed by atoms with Crippen LogP contribution < -0.4 is 15.7 Å². The lowest BCUT2D eigenvalue weighted by molar-refractivity contribution is -0.123. The van der Waals surface area contributed by atoms with Crippen molar-refractivity contribution in [2.45, 2.75) is 6.54 Å². The van der Waals surface area contributed by atoms with Crippen molar-refractivity contribution in [2.24, 2.45) is 7.05 Å². The average Bonchev–Trinajstić information content (AvgIpc) is 3.07. The van der Waals surface area contributed by atoms with Gasteiger partial charge in [0.2, 0.25) is 0 Å². The fourth-order valence-corrected chi connectivity index (χ4v) is 3.14. The van der Waals surface area contributed by atoms with E-state index in [-0.39, 0.29) is 31.3 Å². The number of pyridine rings is 1. The van der Waals surface area contributed by atoms with Gasteiger partial charge >= 0.3 is 5.69 Å². The zero-order valence-corrected chi connectivity index (χ0v) is 16.5. The monoisotopic (exact) mass is 403 g/mol. The van der Waals surface area contributed by atoms with Crippen LogP contribution in [-0.2, 0) is 18.4 Å². The van der Waals surface area contributed by atoms with E-state index >= 15 is 0 Å². The molecular weight excluding hydrogens is 382 g/mol. The molecule has 8 nitrogen and oxygen atoms in total. The summed E-state index contributed by atoms with van der Waals surface area (Å²) in [5, 5.41) is 9.25. The lowest BCUT2D eigenvalue weighted by Crippen LogP contribution is -2.34. The largest absolute Gasteiger partial charge is 0.484 e. The molecule has 0 fully saturated rings. The fourth-order valence-electron chi connectivity index (χ4n) is 3.14. The Kier molecular flexibility index (Phi) is 5.56. The number of carbonyl (C=O) groups is 1. The van der Waals surface area contributed by atoms with E-state index in [0.29, 0.717) is 11.6 Å². The summed E-state index contributed by atoms with van der Waals surface area (Å²) in [5.74, 6) is 0.893. The highest BCUT2D eigenvalue weighted by Gasteiger charge is 2.12. The maximum Gasteiger partial charge on any atom is 0.345 e. The molecule has 0 spiro atoms. The van der Waals surface area contributed by atoms with Crippen LogP contribution in [0.4, 0.5) is 0 Å². The normalized spacial score (nSPS) is 10.8. The molecule has 2 heterocycles. The molecule has 0 saturated carbocycles. The lowest BCUT2D eigenvalue weighted by atomic mass is 10.1. The van der Waals surface area contributed by atoms with Crippen molar-refractivity contribution in [1.82, 2.24) is 24.6 Å². The summed E-state index contributed by atoms with van der Waals surface area (Å²) in [6, 6.07) is 17.3. The summed E-state index contributed by atoms with van der Waals surface area (Å²) in [4.78, 5) is 28.5. The molecule has 1 N–H and O–H groups in total. The topological polar surface area (TPSA) is 91.0 Å². The van der Waals surface area contributed by atoms with Gasteiger partial charge in [0.15, 0.2) is 12.4 Å². The minimum absolute atomic E-state index is 0.101. The number of rotatable bonds is 7. The van der Waals surface area contributed by atoms with E-state index in [4.69, 9.17) is 4.74 Å². The van der Waals surface area contributed by atoms with Crippen molar-refractivity contribution in [1.29, 1.82) is 0 Å². The average molecular weight is 403 g/mol. The van der Waals surface area contributed by atoms with Crippen LogP contribution in [0, 0.1) is 0 Å². The van der Waals surface area contributed by atoms with E-state index in [1.165, 1.54) is 9.25 Å². The van der Waals surface area contributed by atoms with E-state index in [1.54, 1.807) is 25.5 Å². The number of aromatic nitrogens is 4. The van der Waals surface area contributed by atoms with Gasteiger partial charge < -0.3 is 10.1 Å². The first kappa shape index (κ1) is 19.4. The van der Waals surface area contributed by atoms with Gasteiger partial charge in [-0.3, -0.25) is 14.3 Å². The van der Waals surface area contributed by atoms with Gasteiger partial charge in [0.05, 0.1) is 6.54 Å². The van der Waals surface area contributed by atoms with Crippen molar-refractivity contribution < 1.29 is 9.53 Å². The number of hydrogen-bond acceptors (Lipinski definition) is 5. The molecule has 0 aliphatic carbocycles. The minimum Gasteiger partial charge on any atom is -0.484 e. The molecular formula is C22H21N5O3. The van der Waals surface area contributed by atoms with Crippen LogP contribution in [0.3, 0.4) is 0 Å². The number of benzene rings is 2. The first-order valence-electron chi connectivity index (χ1n) is 9.54. The van der Waals surface area contributed by atoms with Crippen LogP contribution in [0.5, 0.6) is 5.75 Å². The second kappa shape index (κ2) is 8.60. The Morgan fingerprint density at radius 2 is 1.93 bits per heavy atom. The summed E-state index contributed by atoms with van der Waals surface area (Å²) in [6.07, 6.45) is 3.31. The first-order valence-corrected chi connectivity index (χ1v) is 9.54. The number of fused-ring (bicyclic) bond motifs is 1. The molecule has 4 aromatic rings. The third-order valence-electron chi connectivity index (χ3n) is 4.70. The molecule has 152 valence electrons. The Balaban J connectivity index is 1.31. The summed E-state index contributed by atoms with van der Waals surface area (Å²) in [7, 11) is 1.66. The highest BCUT2D eigenvalue weighted by atomic mass is 16.5. The SMILES string of the molecule is Cn1c(-c2cccnc2)nn(CCNC(=O)COc2ccc3ccccc3c2)c1=O. The van der Waals surface area contributed by atoms with E-state index in [9.17, 15) is 9.59 Å². The van der Waals surface area contributed by atoms with Gasteiger partial charge in [0.1, 0.15) is 5.75 Å². The fraction of sp³-hybridized carbons (Fsp3) is 0.182. The zero-order valence-electron chi connectivity index (χ0n) is 16.5. The molecule has 0 bridgehead atoms. The Labute approximate surface area is 172 Å². The second-order valence-corrected chi connectivity index (χ2v) is 6.78. The van der Waals surface area contributed by atoms with Gasteiger partial charge in [-0.25, -0.2) is 9.48 Å². The van der Waals surface area contributed by atoms with Gasteiger partial charge in [-0.15, -0.1) is 5.10 Å². The van der Waals surface area contributed by atoms with Crippen LogP contribution in [0.2, 0.25) is 0 Å². The van der Waals surface area contributed by atoms with Gasteiger partial charge in [0, 0.05) is 31.5 Å². The Bertz CT molecular complexity index is 1230. The Hall–Kier alpha value is -3.94. The summed E-state index contributed by atoms with van der Waals surface area (Å²) >= 11 is 0. The Morgan fingerprint density at radius 3 is 2.73 bits per heavy atom. The summed E-state index contributed by atoms with van der Waals surface area (Å²) in [5.41, 5.74) is 0.499. The molecule has 8 heteroatoms. The van der Waals surface area contributed by atoms with Gasteiger partial charge in [0.25, 0.3) is 5.91 Å². The number of amides is 1. The van der Waals surface area contributed by atoms with Crippen molar-refractivity contribution in [2.75, 3.05) is 13.2 Å². The highest BCUT2D eigenvalue weighted by Crippen LogP contribution is 2.20. The quantitative estimate of drug-likeness (QED) is 0.510. The lowest BCUT2D eigenvalue weighted by Gasteiger charge is -2.08. The molecule has 0 aliphatic heterocycles. The second-order valence-electron chi connectivity index (χ2n) is 6.78. The third-order valence-corrected chi connectivity index (χ3v) is 4.70. The predicted octanol–water partition coefficient (Wildman–Crippen LogP) is 1.99. The smallest absolute Gasteiger partial charge is 0.345 e. The van der Waals surface area contributed by atoms with Crippen LogP contribution >= 0.6 is 0 Å². The summed E-state index contributed by atoms with van der Waals surface area (Å²) in [6.45, 7) is 0.425. The maximum atomic E-state index is 12.4. The van der Waals surface area contributed by atoms with Crippen molar-refractivity contribution in [3.63, 3.8) is 0 Å². The van der Waals surface area contributed by atoms with Crippen molar-refractivity contribution in [3.05, 3.63) is 77.5 Å². The third kappa shape index (κ3) is 4.22. The molecule has 0 aliphatic rings. The van der Waals surface area contributed by atoms with Crippen LogP contribution in [0.25, 0.3) is 22.2 Å². The molecule has 0 saturated heterocycles. The highest BCUT2D eigenvalue weighted by molar-refractivity contribution is 5.84. The van der Waals surface area contributed by atoms with Crippen LogP contribution in [0.1, 0.15) is 0 Å². The number of nitrogens with zero attached hydrogens (tertiary/aromatic N) is 4. The number of carbonyl (C=O) groups excluding carboxylic acids is 1. The van der Waals surface area contributed by atoms with Crippen LogP contribution in [0.15, 0.2) is 71.8 Å². The van der Waals surface area contributed by atoms with E-state index in [2.05, 4.69) is 15.4 Å². The van der Waals surface area contributed by atoms with E-state index in [0.717, 1.165) is 16.3 Å². The predicted molar refractivity (Wildman–Crippen MR) is 113 cm³/mol. The number of hydrogen-bond donors (Lipinski definition) is 1. The standard InChI is InChI=1S/C22H21N5O3/c1-26-21(18-7-4-10-23-14-18)25-27(22(26)29)12-11-24-20(28)15-30-19-9-8-16-5-2-3-6-17(16)13-19/h2-10,13-14H,11-12,15H2,1H3,(H,24,28). The molecule has 2 aromatic heterocycles. The zero-order chi connectivity index (χ0) is 20.9. The first-order chi connectivity index (χ1) is 14.6. The number of nitrogens with one attached hydrogen (secondary N) is 1. The van der Waals surface area contributed by atoms with Gasteiger partial charge in [-0.1, -0.05) is 30.3 Å². The molecule has 0 atom stereocenters. The molecule has 0 radical (unpaired) electrons. The van der Waals surface area contributed by atoms with Crippen LogP contribution in [-0.4, -0.2) is 38.4 Å². The minimum atomic E-state index is -0.264. The summed E-state index contributed by atoms with van der Waals surface area (Å²) < 4.78 is 8.36.